The molecule has 0 radical (unpaired) electrons. The van der Waals surface area contributed by atoms with Gasteiger partial charge in [0.1, 0.15) is 5.52 Å². The second-order valence-corrected chi connectivity index (χ2v) is 5.54. The van der Waals surface area contributed by atoms with E-state index in [1.165, 1.54) is 6.07 Å². The first-order valence-electron chi connectivity index (χ1n) is 7.03. The van der Waals surface area contributed by atoms with Gasteiger partial charge in [0.25, 0.3) is 5.69 Å². The quantitative estimate of drug-likeness (QED) is 0.677. The lowest BCUT2D eigenvalue weighted by molar-refractivity contribution is -0.383. The number of piperidine rings is 1. The summed E-state index contributed by atoms with van der Waals surface area (Å²) in [4.78, 5) is 17.2. The van der Waals surface area contributed by atoms with E-state index < -0.39 is 0 Å². The number of nitrogens with zero attached hydrogens (tertiary/aromatic N) is 3. The van der Waals surface area contributed by atoms with Gasteiger partial charge in [-0.25, -0.2) is 0 Å². The first-order valence-corrected chi connectivity index (χ1v) is 7.03. The standard InChI is InChI=1S/C15H17N3O3/c1-10-9-17(8-6-14(10)19)13-5-4-12(18(20)21)11-3-2-7-16-15(11)13/h2-5,7,10,14,19H,6,8-9H2,1H3. The van der Waals surface area contributed by atoms with E-state index >= 15 is 0 Å². The SMILES string of the molecule is CC1CN(c2ccc([N+](=O)[O-])c3cccnc23)CCC1O. The lowest BCUT2D eigenvalue weighted by atomic mass is 9.96. The van der Waals surface area contributed by atoms with Crippen LogP contribution in [0.25, 0.3) is 10.9 Å². The van der Waals surface area contributed by atoms with Crippen LogP contribution in [-0.2, 0) is 0 Å². The molecule has 21 heavy (non-hydrogen) atoms. The fourth-order valence-electron chi connectivity index (χ4n) is 2.91. The summed E-state index contributed by atoms with van der Waals surface area (Å²) in [7, 11) is 0. The number of anilines is 1. The molecular formula is C15H17N3O3. The molecular weight excluding hydrogens is 270 g/mol. The van der Waals surface area contributed by atoms with E-state index in [1.807, 2.05) is 6.92 Å². The third kappa shape index (κ3) is 2.42. The second-order valence-electron chi connectivity index (χ2n) is 5.54. The Bertz CT molecular complexity index is 689. The Balaban J connectivity index is 2.08. The summed E-state index contributed by atoms with van der Waals surface area (Å²) in [6, 6.07) is 6.74. The first kappa shape index (κ1) is 13.8. The number of aromatic nitrogens is 1. The average Bonchev–Trinajstić information content (AvgIpc) is 2.49. The normalized spacial score (nSPS) is 22.5. The zero-order chi connectivity index (χ0) is 15.0. The highest BCUT2D eigenvalue weighted by molar-refractivity contribution is 5.97. The van der Waals surface area contributed by atoms with Gasteiger partial charge in [0.2, 0.25) is 0 Å². The predicted molar refractivity (Wildman–Crippen MR) is 80.4 cm³/mol. The summed E-state index contributed by atoms with van der Waals surface area (Å²) in [6.07, 6.45) is 2.07. The maximum absolute atomic E-state index is 11.1. The molecule has 1 aliphatic rings. The van der Waals surface area contributed by atoms with Gasteiger partial charge in [-0.2, -0.15) is 0 Å². The maximum atomic E-state index is 11.1. The summed E-state index contributed by atoms with van der Waals surface area (Å²) in [5.74, 6) is 0.174. The minimum absolute atomic E-state index is 0.0759. The third-order valence-corrected chi connectivity index (χ3v) is 4.12. The highest BCUT2D eigenvalue weighted by atomic mass is 16.6. The van der Waals surface area contributed by atoms with Crippen LogP contribution in [0.1, 0.15) is 13.3 Å². The second kappa shape index (κ2) is 5.29. The van der Waals surface area contributed by atoms with Crippen LogP contribution in [0.4, 0.5) is 11.4 Å². The molecule has 0 saturated carbocycles. The van der Waals surface area contributed by atoms with Crippen LogP contribution >= 0.6 is 0 Å². The number of hydrogen-bond donors (Lipinski definition) is 1. The Labute approximate surface area is 122 Å². The molecule has 3 rings (SSSR count). The summed E-state index contributed by atoms with van der Waals surface area (Å²) in [6.45, 7) is 3.47. The number of aliphatic hydroxyl groups excluding tert-OH is 1. The van der Waals surface area contributed by atoms with Crippen molar-refractivity contribution in [3.05, 3.63) is 40.6 Å². The minimum Gasteiger partial charge on any atom is -0.393 e. The lowest BCUT2D eigenvalue weighted by Crippen LogP contribution is -2.42. The summed E-state index contributed by atoms with van der Waals surface area (Å²) in [5, 5.41) is 21.5. The van der Waals surface area contributed by atoms with E-state index in [4.69, 9.17) is 0 Å². The molecule has 1 aromatic carbocycles. The van der Waals surface area contributed by atoms with Gasteiger partial charge in [-0.1, -0.05) is 6.92 Å². The van der Waals surface area contributed by atoms with Crippen LogP contribution in [0.15, 0.2) is 30.5 Å². The number of pyridine rings is 1. The van der Waals surface area contributed by atoms with Gasteiger partial charge in [0.05, 0.1) is 22.1 Å². The molecule has 2 unspecified atom stereocenters. The molecule has 0 amide bonds. The number of hydrogen-bond acceptors (Lipinski definition) is 5. The van der Waals surface area contributed by atoms with Crippen molar-refractivity contribution in [3.63, 3.8) is 0 Å². The first-order chi connectivity index (χ1) is 10.1. The molecule has 1 fully saturated rings. The predicted octanol–water partition coefficient (Wildman–Crippen LogP) is 2.35. The zero-order valence-electron chi connectivity index (χ0n) is 11.8. The molecule has 2 aromatic rings. The molecule has 2 heterocycles. The molecule has 0 spiro atoms. The summed E-state index contributed by atoms with van der Waals surface area (Å²) < 4.78 is 0. The van der Waals surface area contributed by atoms with Crippen molar-refractivity contribution in [1.82, 2.24) is 4.98 Å². The van der Waals surface area contributed by atoms with Crippen LogP contribution in [0, 0.1) is 16.0 Å². The van der Waals surface area contributed by atoms with Crippen molar-refractivity contribution < 1.29 is 10.0 Å². The Kier molecular flexibility index (Phi) is 3.47. The number of nitro benzene ring substituents is 1. The molecule has 0 bridgehead atoms. The van der Waals surface area contributed by atoms with Gasteiger partial charge in [-0.05, 0) is 30.5 Å². The Hall–Kier alpha value is -2.21. The molecule has 1 saturated heterocycles. The van der Waals surface area contributed by atoms with Crippen LogP contribution < -0.4 is 4.90 Å². The number of rotatable bonds is 2. The zero-order valence-corrected chi connectivity index (χ0v) is 11.8. The Morgan fingerprint density at radius 3 is 2.95 bits per heavy atom. The van der Waals surface area contributed by atoms with E-state index in [1.54, 1.807) is 24.4 Å². The molecule has 1 aromatic heterocycles. The number of non-ortho nitro benzene ring substituents is 1. The average molecular weight is 287 g/mol. The number of aliphatic hydroxyl groups is 1. The largest absolute Gasteiger partial charge is 0.393 e. The van der Waals surface area contributed by atoms with Crippen LogP contribution in [0.3, 0.4) is 0 Å². The molecule has 1 aliphatic heterocycles. The van der Waals surface area contributed by atoms with Crippen LogP contribution in [0.2, 0.25) is 0 Å². The molecule has 6 heteroatoms. The van der Waals surface area contributed by atoms with Crippen molar-refractivity contribution >= 4 is 22.3 Å². The summed E-state index contributed by atoms with van der Waals surface area (Å²) >= 11 is 0. The van der Waals surface area contributed by atoms with Gasteiger partial charge in [-0.3, -0.25) is 15.1 Å². The lowest BCUT2D eigenvalue weighted by Gasteiger charge is -2.36. The fourth-order valence-corrected chi connectivity index (χ4v) is 2.91. The molecule has 0 aliphatic carbocycles. The van der Waals surface area contributed by atoms with Gasteiger partial charge < -0.3 is 10.0 Å². The Morgan fingerprint density at radius 1 is 1.43 bits per heavy atom. The van der Waals surface area contributed by atoms with E-state index in [2.05, 4.69) is 9.88 Å². The summed E-state index contributed by atoms with van der Waals surface area (Å²) in [5.41, 5.74) is 1.62. The number of benzene rings is 1. The molecule has 6 nitrogen and oxygen atoms in total. The molecule has 1 N–H and O–H groups in total. The highest BCUT2D eigenvalue weighted by Crippen LogP contribution is 2.33. The van der Waals surface area contributed by atoms with E-state index in [0.717, 1.165) is 18.8 Å². The van der Waals surface area contributed by atoms with Crippen molar-refractivity contribution in [2.24, 2.45) is 5.92 Å². The topological polar surface area (TPSA) is 79.5 Å². The van der Waals surface area contributed by atoms with Crippen LogP contribution in [0.5, 0.6) is 0 Å². The van der Waals surface area contributed by atoms with E-state index in [-0.39, 0.29) is 22.6 Å². The number of nitro groups is 1. The van der Waals surface area contributed by atoms with Gasteiger partial charge in [0.15, 0.2) is 0 Å². The highest BCUT2D eigenvalue weighted by Gasteiger charge is 2.26. The van der Waals surface area contributed by atoms with E-state index in [0.29, 0.717) is 17.3 Å². The van der Waals surface area contributed by atoms with Crippen molar-refractivity contribution in [2.45, 2.75) is 19.4 Å². The maximum Gasteiger partial charge on any atom is 0.278 e. The smallest absolute Gasteiger partial charge is 0.278 e. The molecule has 110 valence electrons. The van der Waals surface area contributed by atoms with Crippen molar-refractivity contribution in [1.29, 1.82) is 0 Å². The van der Waals surface area contributed by atoms with Gasteiger partial charge in [0, 0.05) is 25.4 Å². The third-order valence-electron chi connectivity index (χ3n) is 4.12. The Morgan fingerprint density at radius 2 is 2.24 bits per heavy atom. The van der Waals surface area contributed by atoms with Crippen LogP contribution in [-0.4, -0.2) is 34.2 Å². The van der Waals surface area contributed by atoms with E-state index in [9.17, 15) is 15.2 Å². The van der Waals surface area contributed by atoms with Crippen molar-refractivity contribution in [3.8, 4) is 0 Å². The van der Waals surface area contributed by atoms with Gasteiger partial charge >= 0.3 is 0 Å². The van der Waals surface area contributed by atoms with Gasteiger partial charge in [-0.15, -0.1) is 0 Å². The molecule has 2 atom stereocenters. The van der Waals surface area contributed by atoms with Crippen molar-refractivity contribution in [2.75, 3.05) is 18.0 Å². The minimum atomic E-state index is -0.379. The fraction of sp³-hybridized carbons (Fsp3) is 0.400. The monoisotopic (exact) mass is 287 g/mol. The number of fused-ring (bicyclic) bond motifs is 1.